The molecular formula is C15H17N5O. The lowest BCUT2D eigenvalue weighted by atomic mass is 10.1. The summed E-state index contributed by atoms with van der Waals surface area (Å²) in [7, 11) is 1.90. The Kier molecular flexibility index (Phi) is 3.43. The molecule has 3 aromatic rings. The van der Waals surface area contributed by atoms with Gasteiger partial charge in [0, 0.05) is 19.5 Å². The van der Waals surface area contributed by atoms with Gasteiger partial charge in [-0.15, -0.1) is 10.2 Å². The number of aryl methyl sites for hydroxylation is 4. The molecule has 0 atom stereocenters. The molecule has 6 heteroatoms. The molecule has 3 rings (SSSR count). The largest absolute Gasteiger partial charge is 0.508 e. The maximum Gasteiger partial charge on any atom is 0.138 e. The van der Waals surface area contributed by atoms with Gasteiger partial charge >= 0.3 is 0 Å². The second kappa shape index (κ2) is 5.40. The topological polar surface area (TPSA) is 68.8 Å². The molecule has 0 fully saturated rings. The van der Waals surface area contributed by atoms with Crippen molar-refractivity contribution in [2.45, 2.75) is 19.8 Å². The summed E-state index contributed by atoms with van der Waals surface area (Å²) < 4.78 is 3.74. The second-order valence-corrected chi connectivity index (χ2v) is 5.01. The summed E-state index contributed by atoms with van der Waals surface area (Å²) in [5, 5.41) is 22.3. The van der Waals surface area contributed by atoms with Crippen molar-refractivity contribution in [2.75, 3.05) is 0 Å². The van der Waals surface area contributed by atoms with E-state index in [9.17, 15) is 5.11 Å². The fraction of sp³-hybridized carbons (Fsp3) is 0.267. The van der Waals surface area contributed by atoms with Gasteiger partial charge in [0.05, 0.1) is 5.69 Å². The Morgan fingerprint density at radius 2 is 2.00 bits per heavy atom. The highest BCUT2D eigenvalue weighted by Gasteiger charge is 2.11. The summed E-state index contributed by atoms with van der Waals surface area (Å²) in [6, 6.07) is 9.35. The third kappa shape index (κ3) is 2.65. The van der Waals surface area contributed by atoms with Gasteiger partial charge in [-0.25, -0.2) is 0 Å². The summed E-state index contributed by atoms with van der Waals surface area (Å²) in [5.41, 5.74) is 1.86. The van der Waals surface area contributed by atoms with Gasteiger partial charge in [-0.1, -0.05) is 18.2 Å². The lowest BCUT2D eigenvalue weighted by Gasteiger charge is -2.07. The first-order valence-corrected chi connectivity index (χ1v) is 6.82. The third-order valence-electron chi connectivity index (χ3n) is 3.45. The molecule has 0 unspecified atom stereocenters. The Labute approximate surface area is 122 Å². The summed E-state index contributed by atoms with van der Waals surface area (Å²) in [5.74, 6) is 2.10. The third-order valence-corrected chi connectivity index (χ3v) is 3.45. The maximum atomic E-state index is 9.82. The quantitative estimate of drug-likeness (QED) is 0.792. The number of rotatable bonds is 4. The normalized spacial score (nSPS) is 11.0. The molecule has 0 aliphatic carbocycles. The van der Waals surface area contributed by atoms with E-state index in [2.05, 4.69) is 15.3 Å². The Morgan fingerprint density at radius 1 is 1.19 bits per heavy atom. The van der Waals surface area contributed by atoms with Crippen molar-refractivity contribution in [1.82, 2.24) is 24.5 Å². The maximum absolute atomic E-state index is 9.82. The van der Waals surface area contributed by atoms with Crippen molar-refractivity contribution in [3.8, 4) is 11.6 Å². The zero-order valence-electron chi connectivity index (χ0n) is 12.1. The molecule has 2 aromatic heterocycles. The molecule has 0 saturated carbocycles. The van der Waals surface area contributed by atoms with Crippen LogP contribution in [0.2, 0.25) is 0 Å². The molecule has 0 amide bonds. The molecule has 0 aliphatic heterocycles. The minimum absolute atomic E-state index is 0.319. The molecule has 0 aliphatic rings. The molecular weight excluding hydrogens is 266 g/mol. The van der Waals surface area contributed by atoms with Crippen molar-refractivity contribution < 1.29 is 5.11 Å². The van der Waals surface area contributed by atoms with E-state index < -0.39 is 0 Å². The smallest absolute Gasteiger partial charge is 0.138 e. The molecule has 0 saturated heterocycles. The summed E-state index contributed by atoms with van der Waals surface area (Å²) in [4.78, 5) is 0. The van der Waals surface area contributed by atoms with Crippen LogP contribution in [0.15, 0.2) is 36.7 Å². The van der Waals surface area contributed by atoms with E-state index in [1.54, 1.807) is 12.4 Å². The van der Waals surface area contributed by atoms with Crippen molar-refractivity contribution >= 4 is 0 Å². The average Bonchev–Trinajstić information content (AvgIpc) is 3.04. The van der Waals surface area contributed by atoms with Crippen molar-refractivity contribution in [3.63, 3.8) is 0 Å². The van der Waals surface area contributed by atoms with Gasteiger partial charge in [0.1, 0.15) is 23.7 Å². The van der Waals surface area contributed by atoms with E-state index in [-0.39, 0.29) is 0 Å². The first-order chi connectivity index (χ1) is 10.1. The summed E-state index contributed by atoms with van der Waals surface area (Å²) >= 11 is 0. The van der Waals surface area contributed by atoms with Crippen LogP contribution in [0.5, 0.6) is 5.75 Å². The van der Waals surface area contributed by atoms with Crippen LogP contribution in [0.3, 0.4) is 0 Å². The number of aromatic hydroxyl groups is 1. The molecule has 1 aromatic carbocycles. The van der Waals surface area contributed by atoms with Gasteiger partial charge in [-0.2, -0.15) is 5.10 Å². The zero-order chi connectivity index (χ0) is 14.8. The van der Waals surface area contributed by atoms with Gasteiger partial charge in [-0.3, -0.25) is 9.25 Å². The van der Waals surface area contributed by atoms with Crippen LogP contribution in [0, 0.1) is 6.92 Å². The van der Waals surface area contributed by atoms with E-state index in [1.165, 1.54) is 0 Å². The van der Waals surface area contributed by atoms with Crippen LogP contribution >= 0.6 is 0 Å². The van der Waals surface area contributed by atoms with Crippen LogP contribution in [0.1, 0.15) is 17.1 Å². The molecule has 0 radical (unpaired) electrons. The molecule has 21 heavy (non-hydrogen) atoms. The van der Waals surface area contributed by atoms with Crippen LogP contribution in [0.4, 0.5) is 0 Å². The monoisotopic (exact) mass is 283 g/mol. The lowest BCUT2D eigenvalue weighted by Crippen LogP contribution is -2.07. The summed E-state index contributed by atoms with van der Waals surface area (Å²) in [6.45, 7) is 1.95. The number of aromatic nitrogens is 5. The van der Waals surface area contributed by atoms with E-state index in [1.807, 2.05) is 47.5 Å². The number of phenolic OH excluding ortho intramolecular Hbond substituents is 1. The highest BCUT2D eigenvalue weighted by molar-refractivity contribution is 5.32. The van der Waals surface area contributed by atoms with Crippen molar-refractivity contribution in [3.05, 3.63) is 53.7 Å². The SMILES string of the molecule is Cc1cc(-n2cnnc2CCc2ccccc2O)n(C)n1. The highest BCUT2D eigenvalue weighted by atomic mass is 16.3. The van der Waals surface area contributed by atoms with Crippen LogP contribution in [-0.2, 0) is 19.9 Å². The van der Waals surface area contributed by atoms with E-state index >= 15 is 0 Å². The van der Waals surface area contributed by atoms with Gasteiger partial charge in [0.25, 0.3) is 0 Å². The first-order valence-electron chi connectivity index (χ1n) is 6.82. The Morgan fingerprint density at radius 3 is 2.71 bits per heavy atom. The van der Waals surface area contributed by atoms with Crippen LogP contribution in [-0.4, -0.2) is 29.7 Å². The number of para-hydroxylation sites is 1. The van der Waals surface area contributed by atoms with E-state index in [0.717, 1.165) is 22.9 Å². The number of hydrogen-bond donors (Lipinski definition) is 1. The second-order valence-electron chi connectivity index (χ2n) is 5.01. The summed E-state index contributed by atoms with van der Waals surface area (Å²) in [6.07, 6.45) is 3.10. The Hall–Kier alpha value is -2.63. The lowest BCUT2D eigenvalue weighted by molar-refractivity contribution is 0.467. The van der Waals surface area contributed by atoms with Gasteiger partial charge < -0.3 is 5.11 Å². The molecule has 108 valence electrons. The zero-order valence-corrected chi connectivity index (χ0v) is 12.1. The number of phenols is 1. The first kappa shape index (κ1) is 13.4. The molecule has 0 bridgehead atoms. The molecule has 2 heterocycles. The predicted octanol–water partition coefficient (Wildman–Crippen LogP) is 1.80. The highest BCUT2D eigenvalue weighted by Crippen LogP contribution is 2.18. The molecule has 0 spiro atoms. The fourth-order valence-corrected chi connectivity index (χ4v) is 2.41. The Balaban J connectivity index is 1.83. The minimum atomic E-state index is 0.319. The van der Waals surface area contributed by atoms with Crippen molar-refractivity contribution in [2.24, 2.45) is 7.05 Å². The van der Waals surface area contributed by atoms with Gasteiger partial charge in [0.2, 0.25) is 0 Å². The number of hydrogen-bond acceptors (Lipinski definition) is 4. The van der Waals surface area contributed by atoms with Gasteiger partial charge in [0.15, 0.2) is 0 Å². The van der Waals surface area contributed by atoms with Crippen LogP contribution < -0.4 is 0 Å². The average molecular weight is 283 g/mol. The van der Waals surface area contributed by atoms with Crippen molar-refractivity contribution in [1.29, 1.82) is 0 Å². The predicted molar refractivity (Wildman–Crippen MR) is 78.4 cm³/mol. The van der Waals surface area contributed by atoms with E-state index in [0.29, 0.717) is 18.6 Å². The fourth-order valence-electron chi connectivity index (χ4n) is 2.41. The van der Waals surface area contributed by atoms with E-state index in [4.69, 9.17) is 0 Å². The number of benzene rings is 1. The van der Waals surface area contributed by atoms with Gasteiger partial charge in [-0.05, 0) is 25.0 Å². The Bertz CT molecular complexity index is 759. The van der Waals surface area contributed by atoms with Crippen LogP contribution in [0.25, 0.3) is 5.82 Å². The molecule has 6 nitrogen and oxygen atoms in total. The number of nitrogens with zero attached hydrogens (tertiary/aromatic N) is 5. The minimum Gasteiger partial charge on any atom is -0.508 e. The molecule has 1 N–H and O–H groups in total. The standard InChI is InChI=1S/C15H17N5O/c1-11-9-15(19(2)18-11)20-10-16-17-14(20)8-7-12-5-3-4-6-13(12)21/h3-6,9-10,21H,7-8H2,1-2H3.